The second-order valence-electron chi connectivity index (χ2n) is 5.78. The minimum absolute atomic E-state index is 0.0227. The molecule has 0 unspecified atom stereocenters. The minimum atomic E-state index is -1.69. The molecule has 1 aromatic rings. The third-order valence-electron chi connectivity index (χ3n) is 3.67. The Bertz CT molecular complexity index is 755. The zero-order chi connectivity index (χ0) is 18.7. The summed E-state index contributed by atoms with van der Waals surface area (Å²) < 4.78 is -0.0227. The Hall–Kier alpha value is -2.19. The van der Waals surface area contributed by atoms with Gasteiger partial charge in [0.15, 0.2) is 0 Å². The number of amides is 1. The van der Waals surface area contributed by atoms with Gasteiger partial charge in [-0.25, -0.2) is 0 Å². The predicted molar refractivity (Wildman–Crippen MR) is 94.0 cm³/mol. The van der Waals surface area contributed by atoms with Gasteiger partial charge < -0.3 is 19.8 Å². The summed E-state index contributed by atoms with van der Waals surface area (Å²) in [6, 6.07) is 5.89. The smallest absolute Gasteiger partial charge is 0.266 e. The van der Waals surface area contributed by atoms with E-state index in [0.29, 0.717) is 5.92 Å². The maximum Gasteiger partial charge on any atom is 0.266 e. The van der Waals surface area contributed by atoms with Gasteiger partial charge in [0, 0.05) is 12.4 Å². The number of carbonyl (C=O) groups is 3. The molecule has 1 heterocycles. The molecular formula is C17H15NO5S2-2. The third-order valence-corrected chi connectivity index (χ3v) is 5.00. The summed E-state index contributed by atoms with van der Waals surface area (Å²) in [5.41, 5.74) is 1.91. The second-order valence-corrected chi connectivity index (χ2v) is 7.46. The molecule has 0 saturated carbocycles. The number of carboxylic acids is 2. The van der Waals surface area contributed by atoms with Crippen molar-refractivity contribution in [2.75, 3.05) is 0 Å². The highest BCUT2D eigenvalue weighted by Crippen LogP contribution is 2.34. The standard InChI is InChI=1S/C17H17NO5S2/c1-9(2)11-5-3-10(4-6-11)7-13-15(21)18(17(24)25-13)12(16(22)23)8-14(19)20/h3-7,9,12H,8H2,1-2H3,(H,19,20)(H,22,23)/p-2/b13-7-/t12-/m1/s1. The first-order valence-corrected chi connectivity index (χ1v) is 8.71. The summed E-state index contributed by atoms with van der Waals surface area (Å²) in [7, 11) is 0. The van der Waals surface area contributed by atoms with Gasteiger partial charge in [0.1, 0.15) is 4.32 Å². The average molecular weight is 377 g/mol. The fraction of sp³-hybridized carbons (Fsp3) is 0.294. The van der Waals surface area contributed by atoms with E-state index in [4.69, 9.17) is 12.2 Å². The Morgan fingerprint density at radius 1 is 1.24 bits per heavy atom. The van der Waals surface area contributed by atoms with E-state index in [1.54, 1.807) is 6.08 Å². The molecule has 25 heavy (non-hydrogen) atoms. The van der Waals surface area contributed by atoms with Crippen molar-refractivity contribution in [2.45, 2.75) is 32.2 Å². The summed E-state index contributed by atoms with van der Waals surface area (Å²) >= 11 is 5.96. The van der Waals surface area contributed by atoms with Crippen molar-refractivity contribution in [1.29, 1.82) is 0 Å². The second kappa shape index (κ2) is 7.79. The van der Waals surface area contributed by atoms with Crippen LogP contribution >= 0.6 is 24.0 Å². The van der Waals surface area contributed by atoms with Crippen molar-refractivity contribution in [2.24, 2.45) is 0 Å². The van der Waals surface area contributed by atoms with E-state index in [-0.39, 0.29) is 9.23 Å². The van der Waals surface area contributed by atoms with E-state index in [1.807, 2.05) is 24.3 Å². The van der Waals surface area contributed by atoms with Gasteiger partial charge in [0.2, 0.25) is 0 Å². The number of rotatable bonds is 6. The molecule has 1 fully saturated rings. The fourth-order valence-corrected chi connectivity index (χ4v) is 3.67. The van der Waals surface area contributed by atoms with Crippen LogP contribution in [-0.2, 0) is 14.4 Å². The monoisotopic (exact) mass is 377 g/mol. The molecule has 6 nitrogen and oxygen atoms in total. The SMILES string of the molecule is CC(C)c1ccc(/C=C2\SC(=S)N([C@H](CC(=O)[O-])C(=O)[O-])C2=O)cc1. The van der Waals surface area contributed by atoms with Crippen LogP contribution in [0.5, 0.6) is 0 Å². The Morgan fingerprint density at radius 3 is 2.32 bits per heavy atom. The average Bonchev–Trinajstić information content (AvgIpc) is 2.79. The van der Waals surface area contributed by atoms with Crippen molar-refractivity contribution in [1.82, 2.24) is 4.90 Å². The molecule has 1 amide bonds. The van der Waals surface area contributed by atoms with E-state index in [2.05, 4.69) is 13.8 Å². The lowest BCUT2D eigenvalue weighted by molar-refractivity contribution is -0.319. The summed E-state index contributed by atoms with van der Waals surface area (Å²) in [4.78, 5) is 35.4. The molecule has 8 heteroatoms. The molecule has 1 aromatic carbocycles. The van der Waals surface area contributed by atoms with Gasteiger partial charge in [-0.15, -0.1) is 0 Å². The highest BCUT2D eigenvalue weighted by atomic mass is 32.2. The van der Waals surface area contributed by atoms with Gasteiger partial charge in [-0.2, -0.15) is 0 Å². The lowest BCUT2D eigenvalue weighted by atomic mass is 10.0. The highest BCUT2D eigenvalue weighted by Gasteiger charge is 2.37. The lowest BCUT2D eigenvalue weighted by Crippen LogP contribution is -2.52. The fourth-order valence-electron chi connectivity index (χ4n) is 2.31. The van der Waals surface area contributed by atoms with E-state index in [1.165, 1.54) is 0 Å². The maximum absolute atomic E-state index is 12.5. The van der Waals surface area contributed by atoms with Gasteiger partial charge in [0.05, 0.1) is 16.9 Å². The largest absolute Gasteiger partial charge is 0.550 e. The zero-order valence-electron chi connectivity index (χ0n) is 13.6. The number of nitrogens with zero attached hydrogens (tertiary/aromatic N) is 1. The molecule has 1 aliphatic heterocycles. The first-order valence-electron chi connectivity index (χ1n) is 7.48. The molecule has 0 radical (unpaired) electrons. The van der Waals surface area contributed by atoms with Crippen LogP contribution in [0, 0.1) is 0 Å². The molecule has 132 valence electrons. The van der Waals surface area contributed by atoms with Crippen LogP contribution in [0.4, 0.5) is 0 Å². The molecule has 0 spiro atoms. The number of thiocarbonyl (C=S) groups is 1. The highest BCUT2D eigenvalue weighted by molar-refractivity contribution is 8.26. The number of benzene rings is 1. The van der Waals surface area contributed by atoms with Crippen LogP contribution < -0.4 is 10.2 Å². The number of hydrogen-bond donors (Lipinski definition) is 0. The third kappa shape index (κ3) is 4.46. The van der Waals surface area contributed by atoms with E-state index < -0.39 is 30.3 Å². The lowest BCUT2D eigenvalue weighted by Gasteiger charge is -2.27. The van der Waals surface area contributed by atoms with Crippen LogP contribution in [-0.4, -0.2) is 33.1 Å². The number of aliphatic carboxylic acids is 2. The first-order chi connectivity index (χ1) is 11.7. The molecule has 0 N–H and O–H groups in total. The Kier molecular flexibility index (Phi) is 5.97. The number of carboxylic acid groups (broad SMARTS) is 2. The van der Waals surface area contributed by atoms with Crippen LogP contribution in [0.2, 0.25) is 0 Å². The maximum atomic E-state index is 12.5. The van der Waals surface area contributed by atoms with Gasteiger partial charge >= 0.3 is 0 Å². The molecule has 1 saturated heterocycles. The van der Waals surface area contributed by atoms with E-state index >= 15 is 0 Å². The quantitative estimate of drug-likeness (QED) is 0.518. The number of hydrogen-bond acceptors (Lipinski definition) is 7. The summed E-state index contributed by atoms with van der Waals surface area (Å²) in [6.07, 6.45) is 0.708. The Labute approximate surface area is 154 Å². The predicted octanol–water partition coefficient (Wildman–Crippen LogP) is 0.270. The minimum Gasteiger partial charge on any atom is -0.550 e. The van der Waals surface area contributed by atoms with E-state index in [0.717, 1.165) is 27.8 Å². The molecule has 2 rings (SSSR count). The Balaban J connectivity index is 2.27. The zero-order valence-corrected chi connectivity index (χ0v) is 15.2. The number of carbonyl (C=O) groups excluding carboxylic acids is 3. The topological polar surface area (TPSA) is 101 Å². The van der Waals surface area contributed by atoms with Crippen molar-refractivity contribution in [3.05, 3.63) is 40.3 Å². The van der Waals surface area contributed by atoms with Crippen molar-refractivity contribution in [3.63, 3.8) is 0 Å². The van der Waals surface area contributed by atoms with Crippen molar-refractivity contribution < 1.29 is 24.6 Å². The first kappa shape index (κ1) is 19.1. The van der Waals surface area contributed by atoms with Gasteiger partial charge in [-0.1, -0.05) is 62.1 Å². The number of thioether (sulfide) groups is 1. The van der Waals surface area contributed by atoms with Gasteiger partial charge in [0.25, 0.3) is 5.91 Å². The van der Waals surface area contributed by atoms with Crippen molar-refractivity contribution >= 4 is 52.2 Å². The molecular weight excluding hydrogens is 362 g/mol. The molecule has 1 aliphatic rings. The Morgan fingerprint density at radius 2 is 1.84 bits per heavy atom. The summed E-state index contributed by atoms with van der Waals surface area (Å²) in [5.74, 6) is -3.57. The summed E-state index contributed by atoms with van der Waals surface area (Å²) in [6.45, 7) is 4.13. The van der Waals surface area contributed by atoms with Gasteiger partial charge in [-0.05, 0) is 23.1 Å². The van der Waals surface area contributed by atoms with Crippen LogP contribution in [0.3, 0.4) is 0 Å². The molecule has 0 aromatic heterocycles. The molecule has 0 aliphatic carbocycles. The van der Waals surface area contributed by atoms with Crippen molar-refractivity contribution in [3.8, 4) is 0 Å². The van der Waals surface area contributed by atoms with Crippen LogP contribution in [0.1, 0.15) is 37.3 Å². The summed E-state index contributed by atoms with van der Waals surface area (Å²) in [5, 5.41) is 21.9. The molecule has 0 bridgehead atoms. The van der Waals surface area contributed by atoms with Gasteiger partial charge in [-0.3, -0.25) is 9.69 Å². The molecule has 1 atom stereocenters. The van der Waals surface area contributed by atoms with Crippen LogP contribution in [0.15, 0.2) is 29.2 Å². The normalized spacial score (nSPS) is 17.4. The van der Waals surface area contributed by atoms with E-state index in [9.17, 15) is 24.6 Å². The van der Waals surface area contributed by atoms with Crippen LogP contribution in [0.25, 0.3) is 6.08 Å².